The summed E-state index contributed by atoms with van der Waals surface area (Å²) in [7, 11) is 0. The van der Waals surface area contributed by atoms with Crippen molar-refractivity contribution in [2.24, 2.45) is 5.41 Å². The lowest BCUT2D eigenvalue weighted by Crippen LogP contribution is -2.64. The maximum absolute atomic E-state index is 6.39. The van der Waals surface area contributed by atoms with Crippen LogP contribution in [0.25, 0.3) is 33.1 Å². The Hall–Kier alpha value is -4.83. The van der Waals surface area contributed by atoms with Crippen molar-refractivity contribution >= 4 is 44.8 Å². The third-order valence-electron chi connectivity index (χ3n) is 9.73. The molecule has 192 valence electrons. The van der Waals surface area contributed by atoms with Gasteiger partial charge in [-0.25, -0.2) is 4.98 Å². The molecule has 3 unspecified atom stereocenters. The summed E-state index contributed by atoms with van der Waals surface area (Å²) >= 11 is 0. The Morgan fingerprint density at radius 1 is 0.675 bits per heavy atom. The number of fused-ring (bicyclic) bond motifs is 11. The lowest BCUT2D eigenvalue weighted by molar-refractivity contribution is 0.174. The highest BCUT2D eigenvalue weighted by Crippen LogP contribution is 2.67. The smallest absolute Gasteiger partial charge is 0.158 e. The summed E-state index contributed by atoms with van der Waals surface area (Å²) in [4.78, 5) is 10.0. The van der Waals surface area contributed by atoms with Gasteiger partial charge in [-0.15, -0.1) is 0 Å². The number of pyridine rings is 1. The van der Waals surface area contributed by atoms with Gasteiger partial charge in [0.2, 0.25) is 0 Å². The van der Waals surface area contributed by atoms with Crippen LogP contribution in [0.15, 0.2) is 126 Å². The van der Waals surface area contributed by atoms with Gasteiger partial charge in [-0.3, -0.25) is 0 Å². The molecule has 1 aliphatic carbocycles. The van der Waals surface area contributed by atoms with Crippen LogP contribution in [0.1, 0.15) is 19.4 Å². The van der Waals surface area contributed by atoms with Gasteiger partial charge < -0.3 is 14.2 Å². The maximum atomic E-state index is 6.39. The van der Waals surface area contributed by atoms with Gasteiger partial charge in [0, 0.05) is 39.1 Å². The number of nitrogens with zero attached hydrogens (tertiary/aromatic N) is 3. The van der Waals surface area contributed by atoms with Crippen LogP contribution in [0, 0.1) is 5.41 Å². The summed E-state index contributed by atoms with van der Waals surface area (Å²) in [5.41, 5.74) is 8.80. The summed E-state index contributed by atoms with van der Waals surface area (Å²) < 4.78 is 6.39. The zero-order valence-corrected chi connectivity index (χ0v) is 22.4. The van der Waals surface area contributed by atoms with E-state index in [4.69, 9.17) is 9.40 Å². The number of para-hydroxylation sites is 2. The molecule has 2 aliphatic heterocycles. The van der Waals surface area contributed by atoms with Crippen LogP contribution >= 0.6 is 0 Å². The minimum Gasteiger partial charge on any atom is -0.456 e. The van der Waals surface area contributed by atoms with Crippen LogP contribution in [0.4, 0.5) is 22.9 Å². The Labute approximate surface area is 232 Å². The number of rotatable bonds is 2. The van der Waals surface area contributed by atoms with Gasteiger partial charge in [0.15, 0.2) is 5.82 Å². The van der Waals surface area contributed by atoms with Crippen molar-refractivity contribution < 1.29 is 4.42 Å². The number of furan rings is 1. The molecule has 40 heavy (non-hydrogen) atoms. The Balaban J connectivity index is 1.40. The molecule has 0 amide bonds. The molecule has 4 aromatic carbocycles. The Bertz CT molecular complexity index is 2030. The first-order chi connectivity index (χ1) is 19.6. The van der Waals surface area contributed by atoms with Crippen molar-refractivity contribution in [1.29, 1.82) is 0 Å². The topological polar surface area (TPSA) is 32.5 Å². The van der Waals surface area contributed by atoms with Crippen LogP contribution in [0.3, 0.4) is 0 Å². The molecule has 0 saturated carbocycles. The van der Waals surface area contributed by atoms with E-state index in [1.165, 1.54) is 22.4 Å². The molecule has 0 radical (unpaired) electrons. The molecule has 4 nitrogen and oxygen atoms in total. The predicted octanol–water partition coefficient (Wildman–Crippen LogP) is 9.11. The number of benzene rings is 4. The first-order valence-electron chi connectivity index (χ1n) is 13.9. The third-order valence-corrected chi connectivity index (χ3v) is 9.73. The van der Waals surface area contributed by atoms with Crippen LogP contribution in [0.5, 0.6) is 0 Å². The number of aromatic nitrogens is 1. The maximum Gasteiger partial charge on any atom is 0.158 e. The Kier molecular flexibility index (Phi) is 4.09. The highest BCUT2D eigenvalue weighted by atomic mass is 16.3. The van der Waals surface area contributed by atoms with Crippen LogP contribution in [-0.4, -0.2) is 11.1 Å². The summed E-state index contributed by atoms with van der Waals surface area (Å²) in [6, 6.07) is 36.6. The molecule has 0 bridgehead atoms. The second-order valence-corrected chi connectivity index (χ2v) is 11.6. The summed E-state index contributed by atoms with van der Waals surface area (Å²) in [6.45, 7) is 4.80. The van der Waals surface area contributed by atoms with E-state index in [0.29, 0.717) is 0 Å². The van der Waals surface area contributed by atoms with Crippen molar-refractivity contribution in [2.75, 3.05) is 9.80 Å². The predicted molar refractivity (Wildman–Crippen MR) is 162 cm³/mol. The van der Waals surface area contributed by atoms with Gasteiger partial charge in [0.05, 0.1) is 11.4 Å². The number of allylic oxidation sites excluding steroid dienone is 1. The minimum absolute atomic E-state index is 0.0142. The quantitative estimate of drug-likeness (QED) is 0.214. The largest absolute Gasteiger partial charge is 0.456 e. The minimum atomic E-state index is -0.149. The summed E-state index contributed by atoms with van der Waals surface area (Å²) in [5.74, 6) is 1.000. The molecule has 0 spiro atoms. The fourth-order valence-electron chi connectivity index (χ4n) is 7.53. The van der Waals surface area contributed by atoms with Crippen molar-refractivity contribution in [2.45, 2.75) is 25.4 Å². The van der Waals surface area contributed by atoms with Gasteiger partial charge in [-0.05, 0) is 47.5 Å². The van der Waals surface area contributed by atoms with Crippen molar-refractivity contribution in [1.82, 2.24) is 4.98 Å². The first kappa shape index (κ1) is 22.0. The molecule has 0 N–H and O–H groups in total. The monoisotopic (exact) mass is 517 g/mol. The van der Waals surface area contributed by atoms with E-state index in [1.807, 2.05) is 12.3 Å². The van der Waals surface area contributed by atoms with E-state index in [0.717, 1.165) is 39.1 Å². The van der Waals surface area contributed by atoms with Gasteiger partial charge in [-0.1, -0.05) is 92.7 Å². The van der Waals surface area contributed by atoms with E-state index < -0.39 is 0 Å². The molecule has 9 rings (SSSR count). The highest BCUT2D eigenvalue weighted by Gasteiger charge is 2.64. The summed E-state index contributed by atoms with van der Waals surface area (Å²) in [5, 5.41) is 2.28. The average Bonchev–Trinajstić information content (AvgIpc) is 3.55. The highest BCUT2D eigenvalue weighted by molar-refractivity contribution is 6.16. The number of hydrogen-bond donors (Lipinski definition) is 0. The van der Waals surface area contributed by atoms with Crippen LogP contribution in [0.2, 0.25) is 0 Å². The molecule has 0 saturated heterocycles. The molecular weight excluding hydrogens is 490 g/mol. The fourth-order valence-corrected chi connectivity index (χ4v) is 7.53. The SMILES string of the molecule is CC12C=CC1(C)C1N(c3ccc4oc5ccccc5c4c3-c3ccccc3)c3cccnc3N1c1ccccc12. The van der Waals surface area contributed by atoms with E-state index in [2.05, 4.69) is 133 Å². The van der Waals surface area contributed by atoms with E-state index in [-0.39, 0.29) is 17.0 Å². The molecule has 2 aromatic heterocycles. The normalized spacial score (nSPS) is 24.0. The third kappa shape index (κ3) is 2.50. The van der Waals surface area contributed by atoms with E-state index >= 15 is 0 Å². The zero-order chi connectivity index (χ0) is 26.6. The van der Waals surface area contributed by atoms with Gasteiger partial charge in [0.1, 0.15) is 17.3 Å². The molecule has 4 heteroatoms. The van der Waals surface area contributed by atoms with E-state index in [9.17, 15) is 0 Å². The van der Waals surface area contributed by atoms with Crippen molar-refractivity contribution in [3.8, 4) is 11.1 Å². The lowest BCUT2D eigenvalue weighted by atomic mass is 9.50. The molecule has 0 fully saturated rings. The van der Waals surface area contributed by atoms with Gasteiger partial charge in [0.25, 0.3) is 0 Å². The summed E-state index contributed by atoms with van der Waals surface area (Å²) in [6.07, 6.45) is 6.73. The zero-order valence-electron chi connectivity index (χ0n) is 22.4. The lowest BCUT2D eigenvalue weighted by Gasteiger charge is -2.61. The molecule has 4 heterocycles. The standard InChI is InChI=1S/C36H27N3O/c1-35-20-21-36(35,2)34-38(28-16-10-22-37-33(28)39(34)26-15-8-7-14-25(26)35)27-18-19-30-32(24-13-6-9-17-29(24)40-30)31(27)23-11-4-3-5-12-23/h3-22,34H,1-2H3. The molecular formula is C36H27N3O. The molecule has 6 aromatic rings. The first-order valence-corrected chi connectivity index (χ1v) is 13.9. The van der Waals surface area contributed by atoms with Crippen molar-refractivity contribution in [3.05, 3.63) is 127 Å². The molecule has 3 aliphatic rings. The van der Waals surface area contributed by atoms with Crippen LogP contribution < -0.4 is 9.80 Å². The van der Waals surface area contributed by atoms with Crippen molar-refractivity contribution in [3.63, 3.8) is 0 Å². The van der Waals surface area contributed by atoms with E-state index in [1.54, 1.807) is 0 Å². The molecule has 3 atom stereocenters. The van der Waals surface area contributed by atoms with Gasteiger partial charge >= 0.3 is 0 Å². The number of hydrogen-bond acceptors (Lipinski definition) is 4. The van der Waals surface area contributed by atoms with Crippen LogP contribution in [-0.2, 0) is 5.41 Å². The van der Waals surface area contributed by atoms with Gasteiger partial charge in [-0.2, -0.15) is 0 Å². The fraction of sp³-hybridized carbons (Fsp3) is 0.139. The Morgan fingerprint density at radius 2 is 1.45 bits per heavy atom. The second-order valence-electron chi connectivity index (χ2n) is 11.6. The Morgan fingerprint density at radius 3 is 2.30 bits per heavy atom. The average molecular weight is 518 g/mol. The number of anilines is 4. The second kappa shape index (κ2) is 7.42.